The van der Waals surface area contributed by atoms with Crippen molar-refractivity contribution in [2.75, 3.05) is 5.32 Å². The van der Waals surface area contributed by atoms with Gasteiger partial charge in [-0.25, -0.2) is 0 Å². The normalized spacial score (nSPS) is 9.90. The molecule has 0 atom stereocenters. The minimum Gasteiger partial charge on any atom is -0.320 e. The van der Waals surface area contributed by atoms with Gasteiger partial charge in [-0.2, -0.15) is 5.26 Å². The van der Waals surface area contributed by atoms with Crippen molar-refractivity contribution in [3.63, 3.8) is 0 Å². The molecule has 0 aliphatic rings. The summed E-state index contributed by atoms with van der Waals surface area (Å²) in [6, 6.07) is 12.2. The number of hydrogen-bond acceptors (Lipinski definition) is 2. The molecule has 0 saturated heterocycles. The van der Waals surface area contributed by atoms with Crippen LogP contribution in [-0.2, 0) is 0 Å². The van der Waals surface area contributed by atoms with E-state index in [1.807, 2.05) is 18.2 Å². The van der Waals surface area contributed by atoms with E-state index in [2.05, 4.69) is 53.1 Å². The van der Waals surface area contributed by atoms with Gasteiger partial charge >= 0.3 is 0 Å². The quantitative estimate of drug-likeness (QED) is 0.680. The molecule has 0 aliphatic heterocycles. The lowest BCUT2D eigenvalue weighted by molar-refractivity contribution is 0.102. The molecule has 100 valence electrons. The van der Waals surface area contributed by atoms with E-state index in [4.69, 9.17) is 5.26 Å². The Morgan fingerprint density at radius 3 is 2.10 bits per heavy atom. The number of hydrogen-bond donors (Lipinski definition) is 1. The van der Waals surface area contributed by atoms with Crippen LogP contribution in [0.5, 0.6) is 0 Å². The van der Waals surface area contributed by atoms with E-state index in [1.54, 1.807) is 24.3 Å². The van der Waals surface area contributed by atoms with E-state index in [0.29, 0.717) is 16.8 Å². The van der Waals surface area contributed by atoms with Gasteiger partial charge in [-0.3, -0.25) is 4.79 Å². The maximum atomic E-state index is 12.2. The minimum atomic E-state index is -0.238. The first-order valence-corrected chi connectivity index (χ1v) is 7.85. The lowest BCUT2D eigenvalue weighted by Gasteiger charge is -2.10. The molecule has 0 heterocycles. The number of carbonyl (C=O) groups is 1. The predicted molar refractivity (Wildman–Crippen MR) is 88.7 cm³/mol. The number of nitriles is 1. The van der Waals surface area contributed by atoms with Crippen molar-refractivity contribution < 1.29 is 4.79 Å². The number of nitrogens with zero attached hydrogens (tertiary/aromatic N) is 1. The van der Waals surface area contributed by atoms with Crippen LogP contribution < -0.4 is 5.32 Å². The Morgan fingerprint density at radius 2 is 1.60 bits per heavy atom. The number of amides is 1. The molecule has 0 unspecified atom stereocenters. The summed E-state index contributed by atoms with van der Waals surface area (Å²) in [5.41, 5.74) is 1.67. The highest BCUT2D eigenvalue weighted by Gasteiger charge is 2.12. The Bertz CT molecular complexity index is 682. The molecule has 3 nitrogen and oxygen atoms in total. The molecule has 0 aliphatic carbocycles. The Morgan fingerprint density at radius 1 is 1.05 bits per heavy atom. The zero-order chi connectivity index (χ0) is 14.7. The summed E-state index contributed by atoms with van der Waals surface area (Å²) in [7, 11) is 0. The molecule has 2 aromatic carbocycles. The van der Waals surface area contributed by atoms with Gasteiger partial charge in [0.05, 0.1) is 17.3 Å². The second kappa shape index (κ2) is 6.53. The SMILES string of the molecule is N#Cc1ccc(C(=O)Nc2c(Br)cc(Br)cc2Br)cc1. The van der Waals surface area contributed by atoms with Crippen LogP contribution in [-0.4, -0.2) is 5.91 Å². The summed E-state index contributed by atoms with van der Waals surface area (Å²) in [6.45, 7) is 0. The molecule has 1 amide bonds. The number of benzene rings is 2. The van der Waals surface area contributed by atoms with Gasteiger partial charge in [0.25, 0.3) is 5.91 Å². The fraction of sp³-hybridized carbons (Fsp3) is 0. The molecule has 0 bridgehead atoms. The van der Waals surface area contributed by atoms with Crippen molar-refractivity contribution in [1.29, 1.82) is 5.26 Å². The molecule has 20 heavy (non-hydrogen) atoms. The highest BCUT2D eigenvalue weighted by molar-refractivity contribution is 9.11. The third kappa shape index (κ3) is 3.48. The maximum absolute atomic E-state index is 12.2. The molecular formula is C14H7Br3N2O. The Hall–Kier alpha value is -1.16. The molecule has 1 N–H and O–H groups in total. The Labute approximate surface area is 141 Å². The topological polar surface area (TPSA) is 52.9 Å². The molecule has 2 rings (SSSR count). The van der Waals surface area contributed by atoms with Crippen molar-refractivity contribution in [2.24, 2.45) is 0 Å². The first-order valence-electron chi connectivity index (χ1n) is 5.47. The van der Waals surface area contributed by atoms with E-state index in [0.717, 1.165) is 13.4 Å². The number of carbonyl (C=O) groups excluding carboxylic acids is 1. The average Bonchev–Trinajstić information content (AvgIpc) is 2.42. The van der Waals surface area contributed by atoms with Crippen LogP contribution in [0.1, 0.15) is 15.9 Å². The molecule has 0 saturated carbocycles. The fourth-order valence-electron chi connectivity index (χ4n) is 1.54. The van der Waals surface area contributed by atoms with E-state index < -0.39 is 0 Å². The summed E-state index contributed by atoms with van der Waals surface area (Å²) < 4.78 is 2.43. The number of nitrogens with one attached hydrogen (secondary N) is 1. The lowest BCUT2D eigenvalue weighted by Crippen LogP contribution is -2.12. The van der Waals surface area contributed by atoms with Gasteiger partial charge < -0.3 is 5.32 Å². The van der Waals surface area contributed by atoms with Gasteiger partial charge in [-0.15, -0.1) is 0 Å². The van der Waals surface area contributed by atoms with Crippen LogP contribution in [0.2, 0.25) is 0 Å². The summed E-state index contributed by atoms with van der Waals surface area (Å²) in [4.78, 5) is 12.2. The van der Waals surface area contributed by atoms with Crippen LogP contribution in [0.3, 0.4) is 0 Å². The fourth-order valence-corrected chi connectivity index (χ4v) is 4.00. The highest BCUT2D eigenvalue weighted by Crippen LogP contribution is 2.34. The van der Waals surface area contributed by atoms with Gasteiger partial charge in [-0.1, -0.05) is 15.9 Å². The maximum Gasteiger partial charge on any atom is 0.255 e. The molecule has 0 aromatic heterocycles. The number of rotatable bonds is 2. The molecule has 0 radical (unpaired) electrons. The number of halogens is 3. The van der Waals surface area contributed by atoms with Gasteiger partial charge in [0.2, 0.25) is 0 Å². The first kappa shape index (κ1) is 15.2. The van der Waals surface area contributed by atoms with E-state index >= 15 is 0 Å². The van der Waals surface area contributed by atoms with Crippen molar-refractivity contribution in [3.05, 3.63) is 60.9 Å². The van der Waals surface area contributed by atoms with Crippen LogP contribution in [0.25, 0.3) is 0 Å². The van der Waals surface area contributed by atoms with Crippen molar-refractivity contribution in [2.45, 2.75) is 0 Å². The smallest absolute Gasteiger partial charge is 0.255 e. The molecule has 6 heteroatoms. The summed E-state index contributed by atoms with van der Waals surface area (Å²) in [5, 5.41) is 11.6. The van der Waals surface area contributed by atoms with Gasteiger partial charge in [0, 0.05) is 19.0 Å². The van der Waals surface area contributed by atoms with Gasteiger partial charge in [-0.05, 0) is 68.3 Å². The third-order valence-corrected chi connectivity index (χ3v) is 4.23. The van der Waals surface area contributed by atoms with E-state index in [1.165, 1.54) is 0 Å². The van der Waals surface area contributed by atoms with Crippen molar-refractivity contribution in [3.8, 4) is 6.07 Å². The second-order valence-electron chi connectivity index (χ2n) is 3.89. The monoisotopic (exact) mass is 456 g/mol. The van der Waals surface area contributed by atoms with Crippen LogP contribution in [0.4, 0.5) is 5.69 Å². The molecule has 2 aromatic rings. The predicted octanol–water partition coefficient (Wildman–Crippen LogP) is 5.10. The summed E-state index contributed by atoms with van der Waals surface area (Å²) in [6.07, 6.45) is 0. The molecule has 0 spiro atoms. The summed E-state index contributed by atoms with van der Waals surface area (Å²) in [5.74, 6) is -0.238. The third-order valence-electron chi connectivity index (χ3n) is 2.52. The zero-order valence-corrected chi connectivity index (χ0v) is 14.7. The highest BCUT2D eigenvalue weighted by atomic mass is 79.9. The first-order chi connectivity index (χ1) is 9.51. The van der Waals surface area contributed by atoms with Gasteiger partial charge in [0.1, 0.15) is 0 Å². The van der Waals surface area contributed by atoms with Crippen LogP contribution in [0.15, 0.2) is 49.8 Å². The van der Waals surface area contributed by atoms with Gasteiger partial charge in [0.15, 0.2) is 0 Å². The van der Waals surface area contributed by atoms with Crippen molar-refractivity contribution >= 4 is 59.4 Å². The lowest BCUT2D eigenvalue weighted by atomic mass is 10.1. The summed E-state index contributed by atoms with van der Waals surface area (Å²) >= 11 is 10.2. The zero-order valence-electron chi connectivity index (χ0n) is 9.95. The largest absolute Gasteiger partial charge is 0.320 e. The molecule has 0 fully saturated rings. The Balaban J connectivity index is 2.26. The Kier molecular flexibility index (Phi) is 4.97. The average molecular weight is 459 g/mol. The second-order valence-corrected chi connectivity index (χ2v) is 6.51. The van der Waals surface area contributed by atoms with Crippen molar-refractivity contribution in [1.82, 2.24) is 0 Å². The van der Waals surface area contributed by atoms with E-state index in [9.17, 15) is 4.79 Å². The standard InChI is InChI=1S/C14H7Br3N2O/c15-10-5-11(16)13(12(17)6-10)19-14(20)9-3-1-8(7-18)2-4-9/h1-6H,(H,19,20). The van der Waals surface area contributed by atoms with E-state index in [-0.39, 0.29) is 5.91 Å². The molecular weight excluding hydrogens is 452 g/mol. The van der Waals surface area contributed by atoms with Crippen LogP contribution >= 0.6 is 47.8 Å². The van der Waals surface area contributed by atoms with Crippen LogP contribution in [0, 0.1) is 11.3 Å². The number of anilines is 1. The minimum absolute atomic E-state index is 0.238.